The predicted octanol–water partition coefficient (Wildman–Crippen LogP) is 5.74. The molecule has 3 heteroatoms. The van der Waals surface area contributed by atoms with Crippen molar-refractivity contribution >= 4 is 17.2 Å². The molecule has 2 nitrogen and oxygen atoms in total. The summed E-state index contributed by atoms with van der Waals surface area (Å²) in [5, 5.41) is 3.89. The summed E-state index contributed by atoms with van der Waals surface area (Å²) in [6.07, 6.45) is 14.1. The third-order valence-electron chi connectivity index (χ3n) is 9.10. The molecule has 158 valence electrons. The zero-order valence-corrected chi connectivity index (χ0v) is 18.9. The number of nitrogens with one attached hydrogen (secondary N) is 1. The van der Waals surface area contributed by atoms with E-state index in [9.17, 15) is 0 Å². The highest BCUT2D eigenvalue weighted by Gasteiger charge is 2.62. The standard InChI is InChI=1S/C26H38N2S/c1-2-6-23-18-13-25(20-7-4-3-5-8-20)14-19(23)16-26(15-18,17-25)24(29)28-22-11-9-21(27)10-12-22/h3-5,7-8,18-19,21-23H,2,6,9-17,27H2,1H3,(H,28,29). The van der Waals surface area contributed by atoms with Crippen LogP contribution in [0.3, 0.4) is 0 Å². The summed E-state index contributed by atoms with van der Waals surface area (Å²) >= 11 is 6.22. The van der Waals surface area contributed by atoms with Crippen molar-refractivity contribution in [3.05, 3.63) is 35.9 Å². The molecule has 1 aromatic carbocycles. The Kier molecular flexibility index (Phi) is 5.27. The molecule has 5 aliphatic rings. The highest BCUT2D eigenvalue weighted by atomic mass is 32.1. The molecule has 1 aromatic rings. The molecule has 5 fully saturated rings. The van der Waals surface area contributed by atoms with Gasteiger partial charge < -0.3 is 11.1 Å². The first-order valence-corrected chi connectivity index (χ1v) is 12.6. The van der Waals surface area contributed by atoms with E-state index in [1.165, 1.54) is 62.8 Å². The van der Waals surface area contributed by atoms with Gasteiger partial charge in [-0.3, -0.25) is 0 Å². The molecular formula is C26H38N2S. The second-order valence-electron chi connectivity index (χ2n) is 11.0. The van der Waals surface area contributed by atoms with Crippen molar-refractivity contribution in [2.75, 3.05) is 0 Å². The van der Waals surface area contributed by atoms with Gasteiger partial charge in [-0.15, -0.1) is 0 Å². The number of nitrogens with two attached hydrogens (primary N) is 1. The third-order valence-corrected chi connectivity index (χ3v) is 9.65. The zero-order chi connectivity index (χ0) is 20.1. The molecule has 0 spiro atoms. The molecule has 5 saturated carbocycles. The topological polar surface area (TPSA) is 38.0 Å². The number of hydrogen-bond acceptors (Lipinski definition) is 2. The molecule has 2 atom stereocenters. The van der Waals surface area contributed by atoms with Crippen molar-refractivity contribution in [3.8, 4) is 0 Å². The number of thiocarbonyl (C=S) groups is 1. The maximum Gasteiger partial charge on any atom is 0.0818 e. The van der Waals surface area contributed by atoms with Crippen molar-refractivity contribution in [1.82, 2.24) is 5.32 Å². The summed E-state index contributed by atoms with van der Waals surface area (Å²) in [5.74, 6) is 2.65. The first-order valence-electron chi connectivity index (χ1n) is 12.2. The maximum atomic E-state index is 6.22. The Morgan fingerprint density at radius 1 is 1.03 bits per heavy atom. The van der Waals surface area contributed by atoms with Gasteiger partial charge in [-0.1, -0.05) is 62.3 Å². The Morgan fingerprint density at radius 2 is 1.69 bits per heavy atom. The number of rotatable bonds is 5. The zero-order valence-electron chi connectivity index (χ0n) is 18.0. The fraction of sp³-hybridized carbons (Fsp3) is 0.731. The average Bonchev–Trinajstić information content (AvgIpc) is 2.72. The molecule has 0 aromatic heterocycles. The monoisotopic (exact) mass is 410 g/mol. The summed E-state index contributed by atoms with van der Waals surface area (Å²) in [7, 11) is 0. The average molecular weight is 411 g/mol. The van der Waals surface area contributed by atoms with Gasteiger partial charge in [0.15, 0.2) is 0 Å². The summed E-state index contributed by atoms with van der Waals surface area (Å²) in [4.78, 5) is 1.21. The highest BCUT2D eigenvalue weighted by Crippen LogP contribution is 2.68. The van der Waals surface area contributed by atoms with Gasteiger partial charge in [-0.2, -0.15) is 0 Å². The van der Waals surface area contributed by atoms with E-state index in [0.717, 1.165) is 30.6 Å². The van der Waals surface area contributed by atoms with Crippen LogP contribution in [0.1, 0.15) is 83.1 Å². The summed E-state index contributed by atoms with van der Waals surface area (Å²) in [5.41, 5.74) is 8.32. The minimum absolute atomic E-state index is 0.237. The minimum atomic E-state index is 0.237. The van der Waals surface area contributed by atoms with Crippen LogP contribution < -0.4 is 11.1 Å². The molecule has 4 bridgehead atoms. The lowest BCUT2D eigenvalue weighted by Gasteiger charge is -2.65. The lowest BCUT2D eigenvalue weighted by Crippen LogP contribution is -2.62. The van der Waals surface area contributed by atoms with Gasteiger partial charge in [0.2, 0.25) is 0 Å². The Balaban J connectivity index is 1.42. The SMILES string of the molecule is CCCC1C2CC3(C(=S)NC4CCC(N)CC4)CC1CC(c1ccccc1)(C2)C3. The van der Waals surface area contributed by atoms with Crippen LogP contribution in [0.15, 0.2) is 30.3 Å². The molecular weight excluding hydrogens is 372 g/mol. The Hall–Kier alpha value is -0.930. The molecule has 29 heavy (non-hydrogen) atoms. The van der Waals surface area contributed by atoms with E-state index < -0.39 is 0 Å². The lowest BCUT2D eigenvalue weighted by molar-refractivity contribution is -0.0840. The predicted molar refractivity (Wildman–Crippen MR) is 125 cm³/mol. The van der Waals surface area contributed by atoms with Crippen molar-refractivity contribution in [2.45, 2.75) is 95.1 Å². The molecule has 0 aliphatic heterocycles. The van der Waals surface area contributed by atoms with E-state index in [2.05, 4.69) is 42.6 Å². The van der Waals surface area contributed by atoms with Crippen molar-refractivity contribution < 1.29 is 0 Å². The Morgan fingerprint density at radius 3 is 2.31 bits per heavy atom. The van der Waals surface area contributed by atoms with Crippen LogP contribution in [0.4, 0.5) is 0 Å². The van der Waals surface area contributed by atoms with Crippen LogP contribution in [-0.2, 0) is 5.41 Å². The van der Waals surface area contributed by atoms with Crippen molar-refractivity contribution in [1.29, 1.82) is 0 Å². The second-order valence-corrected chi connectivity index (χ2v) is 11.4. The molecule has 3 N–H and O–H groups in total. The van der Waals surface area contributed by atoms with Crippen LogP contribution in [0.5, 0.6) is 0 Å². The van der Waals surface area contributed by atoms with Crippen LogP contribution >= 0.6 is 12.2 Å². The van der Waals surface area contributed by atoms with E-state index in [-0.39, 0.29) is 5.41 Å². The summed E-state index contributed by atoms with van der Waals surface area (Å²) in [6, 6.07) is 12.4. The van der Waals surface area contributed by atoms with E-state index in [1.807, 2.05) is 0 Å². The van der Waals surface area contributed by atoms with Gasteiger partial charge in [-0.25, -0.2) is 0 Å². The van der Waals surface area contributed by atoms with Crippen LogP contribution in [-0.4, -0.2) is 17.1 Å². The first kappa shape index (κ1) is 20.0. The molecule has 0 saturated heterocycles. The van der Waals surface area contributed by atoms with Crippen molar-refractivity contribution in [3.63, 3.8) is 0 Å². The Labute approximate surface area is 182 Å². The van der Waals surface area contributed by atoms with Crippen molar-refractivity contribution in [2.24, 2.45) is 28.9 Å². The largest absolute Gasteiger partial charge is 0.376 e. The van der Waals surface area contributed by atoms with Crippen LogP contribution in [0.25, 0.3) is 0 Å². The fourth-order valence-corrected chi connectivity index (χ4v) is 8.45. The minimum Gasteiger partial charge on any atom is -0.376 e. The third kappa shape index (κ3) is 3.47. The molecule has 0 radical (unpaired) electrons. The van der Waals surface area contributed by atoms with Gasteiger partial charge in [0, 0.05) is 17.5 Å². The quantitative estimate of drug-likeness (QED) is 0.608. The van der Waals surface area contributed by atoms with E-state index in [0.29, 0.717) is 17.5 Å². The van der Waals surface area contributed by atoms with Gasteiger partial charge in [0.1, 0.15) is 0 Å². The molecule has 0 heterocycles. The maximum absolute atomic E-state index is 6.22. The Bertz CT molecular complexity index is 720. The second kappa shape index (κ2) is 7.64. The van der Waals surface area contributed by atoms with E-state index in [4.69, 9.17) is 18.0 Å². The lowest BCUT2D eigenvalue weighted by atomic mass is 9.40. The van der Waals surface area contributed by atoms with Crippen LogP contribution in [0.2, 0.25) is 0 Å². The van der Waals surface area contributed by atoms with Gasteiger partial charge >= 0.3 is 0 Å². The highest BCUT2D eigenvalue weighted by molar-refractivity contribution is 7.80. The summed E-state index contributed by atoms with van der Waals surface area (Å²) in [6.45, 7) is 2.37. The molecule has 0 amide bonds. The van der Waals surface area contributed by atoms with E-state index in [1.54, 1.807) is 5.56 Å². The smallest absolute Gasteiger partial charge is 0.0818 e. The molecule has 2 unspecified atom stereocenters. The van der Waals surface area contributed by atoms with E-state index >= 15 is 0 Å². The molecule has 6 rings (SSSR count). The normalized spacial score (nSPS) is 43.3. The van der Waals surface area contributed by atoms with Gasteiger partial charge in [0.25, 0.3) is 0 Å². The first-order chi connectivity index (χ1) is 14.0. The summed E-state index contributed by atoms with van der Waals surface area (Å²) < 4.78 is 0. The fourth-order valence-electron chi connectivity index (χ4n) is 8.05. The van der Waals surface area contributed by atoms with Crippen LogP contribution in [0, 0.1) is 23.2 Å². The number of hydrogen-bond donors (Lipinski definition) is 2. The van der Waals surface area contributed by atoms with Gasteiger partial charge in [0.05, 0.1) is 4.99 Å². The number of benzene rings is 1. The van der Waals surface area contributed by atoms with Gasteiger partial charge in [-0.05, 0) is 86.5 Å². The molecule has 5 aliphatic carbocycles.